The number of fused-ring (bicyclic) bond motifs is 1. The number of carbonyl (C=O) groups is 2. The molecule has 0 radical (unpaired) electrons. The lowest BCUT2D eigenvalue weighted by Crippen LogP contribution is -2.41. The third-order valence-corrected chi connectivity index (χ3v) is 6.28. The molecule has 2 heterocycles. The summed E-state index contributed by atoms with van der Waals surface area (Å²) in [4.78, 5) is 39.9. The number of likely N-dealkylation sites (tertiary alicyclic amines) is 1. The highest BCUT2D eigenvalue weighted by molar-refractivity contribution is 6.09. The lowest BCUT2D eigenvalue weighted by atomic mass is 10.0. The number of hydrogen-bond donors (Lipinski definition) is 1. The van der Waals surface area contributed by atoms with Crippen molar-refractivity contribution in [2.24, 2.45) is 0 Å². The maximum absolute atomic E-state index is 13.3. The zero-order valence-electron chi connectivity index (χ0n) is 19.7. The van der Waals surface area contributed by atoms with Gasteiger partial charge in [-0.2, -0.15) is 0 Å². The fourth-order valence-corrected chi connectivity index (χ4v) is 4.44. The Labute approximate surface area is 198 Å². The van der Waals surface area contributed by atoms with Crippen molar-refractivity contribution in [2.75, 3.05) is 32.1 Å². The van der Waals surface area contributed by atoms with E-state index in [-0.39, 0.29) is 23.6 Å². The summed E-state index contributed by atoms with van der Waals surface area (Å²) in [5, 5.41) is 4.18. The van der Waals surface area contributed by atoms with Gasteiger partial charge in [0.1, 0.15) is 5.75 Å². The van der Waals surface area contributed by atoms with Crippen LogP contribution in [-0.4, -0.2) is 48.3 Å². The molecule has 0 unspecified atom stereocenters. The molecule has 2 amide bonds. The molecule has 34 heavy (non-hydrogen) atoms. The molecular formula is C26H29N3O5. The summed E-state index contributed by atoms with van der Waals surface area (Å²) in [6.45, 7) is 5.08. The van der Waals surface area contributed by atoms with Crippen molar-refractivity contribution in [2.45, 2.75) is 32.7 Å². The summed E-state index contributed by atoms with van der Waals surface area (Å²) in [5.74, 6) is 0.441. The molecule has 1 aromatic heterocycles. The van der Waals surface area contributed by atoms with E-state index in [9.17, 15) is 14.4 Å². The number of carbonyl (C=O) groups excluding carboxylic acids is 2. The van der Waals surface area contributed by atoms with Crippen LogP contribution in [0.5, 0.6) is 5.75 Å². The highest BCUT2D eigenvalue weighted by atomic mass is 16.6. The Hall–Kier alpha value is -3.81. The minimum atomic E-state index is -0.306. The van der Waals surface area contributed by atoms with Crippen LogP contribution in [-0.2, 0) is 4.74 Å². The van der Waals surface area contributed by atoms with Crippen molar-refractivity contribution < 1.29 is 19.1 Å². The third kappa shape index (κ3) is 4.62. The third-order valence-electron chi connectivity index (χ3n) is 6.28. The van der Waals surface area contributed by atoms with Crippen LogP contribution in [0.4, 0.5) is 10.5 Å². The van der Waals surface area contributed by atoms with E-state index in [4.69, 9.17) is 9.47 Å². The van der Waals surface area contributed by atoms with E-state index in [0.29, 0.717) is 60.3 Å². The smallest absolute Gasteiger partial charge is 0.409 e. The van der Waals surface area contributed by atoms with Crippen molar-refractivity contribution in [3.63, 3.8) is 0 Å². The summed E-state index contributed by atoms with van der Waals surface area (Å²) >= 11 is 0. The Morgan fingerprint density at radius 3 is 2.53 bits per heavy atom. The standard InChI is InChI=1S/C26H29N3O5/c1-4-34-26(32)28-13-10-18(11-14-28)29-15-12-21-22(25(29)31)6-5-7-23(21)27-24(30)20-9-8-19(33-3)16-17(20)2/h5-9,12,15-16,18H,4,10-11,13-14H2,1-3H3,(H,27,30). The van der Waals surface area contributed by atoms with E-state index < -0.39 is 0 Å². The number of anilines is 1. The number of aromatic nitrogens is 1. The molecule has 0 saturated carbocycles. The second-order valence-electron chi connectivity index (χ2n) is 8.35. The van der Waals surface area contributed by atoms with Crippen LogP contribution in [0, 0.1) is 6.92 Å². The fourth-order valence-electron chi connectivity index (χ4n) is 4.44. The summed E-state index contributed by atoms with van der Waals surface area (Å²) in [5.41, 5.74) is 1.82. The van der Waals surface area contributed by atoms with Crippen LogP contribution >= 0.6 is 0 Å². The minimum absolute atomic E-state index is 0.00257. The normalized spacial score (nSPS) is 14.1. The van der Waals surface area contributed by atoms with Crippen LogP contribution in [0.25, 0.3) is 10.8 Å². The van der Waals surface area contributed by atoms with E-state index in [0.717, 1.165) is 5.56 Å². The zero-order chi connectivity index (χ0) is 24.2. The zero-order valence-corrected chi connectivity index (χ0v) is 19.7. The van der Waals surface area contributed by atoms with E-state index in [1.54, 1.807) is 60.0 Å². The molecule has 1 aliphatic rings. The Bertz CT molecular complexity index is 1280. The number of ether oxygens (including phenoxy) is 2. The predicted octanol–water partition coefficient (Wildman–Crippen LogP) is 4.36. The van der Waals surface area contributed by atoms with E-state index >= 15 is 0 Å². The second-order valence-corrected chi connectivity index (χ2v) is 8.35. The Kier molecular flexibility index (Phi) is 6.86. The first-order chi connectivity index (χ1) is 16.4. The molecule has 8 heteroatoms. The van der Waals surface area contributed by atoms with Gasteiger partial charge in [0.2, 0.25) is 0 Å². The number of rotatable bonds is 5. The number of nitrogens with one attached hydrogen (secondary N) is 1. The number of amides is 2. The monoisotopic (exact) mass is 463 g/mol. The van der Waals surface area contributed by atoms with Crippen LogP contribution in [0.3, 0.4) is 0 Å². The maximum atomic E-state index is 13.3. The Morgan fingerprint density at radius 2 is 1.85 bits per heavy atom. The summed E-state index contributed by atoms with van der Waals surface area (Å²) < 4.78 is 12.0. The average Bonchev–Trinajstić information content (AvgIpc) is 2.85. The first kappa shape index (κ1) is 23.4. The van der Waals surface area contributed by atoms with Gasteiger partial charge in [-0.15, -0.1) is 0 Å². The fraction of sp³-hybridized carbons (Fsp3) is 0.346. The van der Waals surface area contributed by atoms with Gasteiger partial charge >= 0.3 is 6.09 Å². The van der Waals surface area contributed by atoms with Crippen molar-refractivity contribution in [1.82, 2.24) is 9.47 Å². The molecule has 1 aliphatic heterocycles. The average molecular weight is 464 g/mol. The largest absolute Gasteiger partial charge is 0.497 e. The van der Waals surface area contributed by atoms with Gasteiger partial charge in [-0.05, 0) is 68.7 Å². The molecule has 1 saturated heterocycles. The Morgan fingerprint density at radius 1 is 1.09 bits per heavy atom. The summed E-state index contributed by atoms with van der Waals surface area (Å²) in [6, 6.07) is 12.5. The molecule has 0 bridgehead atoms. The quantitative estimate of drug-likeness (QED) is 0.607. The van der Waals surface area contributed by atoms with Gasteiger partial charge in [0.15, 0.2) is 0 Å². The first-order valence-electron chi connectivity index (χ1n) is 11.4. The first-order valence-corrected chi connectivity index (χ1v) is 11.4. The highest BCUT2D eigenvalue weighted by Crippen LogP contribution is 2.26. The molecule has 8 nitrogen and oxygen atoms in total. The molecule has 3 aromatic rings. The van der Waals surface area contributed by atoms with E-state index in [1.165, 1.54) is 0 Å². The van der Waals surface area contributed by atoms with Gasteiger partial charge in [0.05, 0.1) is 13.7 Å². The van der Waals surface area contributed by atoms with E-state index in [2.05, 4.69) is 5.32 Å². The molecule has 1 fully saturated rings. The highest BCUT2D eigenvalue weighted by Gasteiger charge is 2.25. The second kappa shape index (κ2) is 9.99. The van der Waals surface area contributed by atoms with Gasteiger partial charge in [-0.3, -0.25) is 9.59 Å². The lowest BCUT2D eigenvalue weighted by Gasteiger charge is -2.32. The molecule has 0 aliphatic carbocycles. The molecule has 4 rings (SSSR count). The Balaban J connectivity index is 1.56. The van der Waals surface area contributed by atoms with Crippen LogP contribution < -0.4 is 15.6 Å². The van der Waals surface area contributed by atoms with Gasteiger partial charge in [0.25, 0.3) is 11.5 Å². The van der Waals surface area contributed by atoms with Gasteiger partial charge in [-0.25, -0.2) is 4.79 Å². The van der Waals surface area contributed by atoms with Crippen LogP contribution in [0.1, 0.15) is 41.7 Å². The molecule has 178 valence electrons. The summed E-state index contributed by atoms with van der Waals surface area (Å²) in [6.07, 6.45) is 2.83. The number of pyridine rings is 1. The molecule has 1 N–H and O–H groups in total. The van der Waals surface area contributed by atoms with Crippen LogP contribution in [0.15, 0.2) is 53.5 Å². The van der Waals surface area contributed by atoms with Crippen molar-refractivity contribution in [3.8, 4) is 5.75 Å². The maximum Gasteiger partial charge on any atom is 0.409 e. The number of aryl methyl sites for hydroxylation is 1. The molecule has 2 aromatic carbocycles. The van der Waals surface area contributed by atoms with E-state index in [1.807, 2.05) is 19.1 Å². The number of nitrogens with zero attached hydrogens (tertiary/aromatic N) is 2. The predicted molar refractivity (Wildman–Crippen MR) is 131 cm³/mol. The van der Waals surface area contributed by atoms with Crippen molar-refractivity contribution >= 4 is 28.5 Å². The van der Waals surface area contributed by atoms with Gasteiger partial charge in [-0.1, -0.05) is 6.07 Å². The van der Waals surface area contributed by atoms with Gasteiger partial charge < -0.3 is 24.3 Å². The van der Waals surface area contributed by atoms with Crippen LogP contribution in [0.2, 0.25) is 0 Å². The number of hydrogen-bond acceptors (Lipinski definition) is 5. The minimum Gasteiger partial charge on any atom is -0.497 e. The molecule has 0 spiro atoms. The molecular weight excluding hydrogens is 434 g/mol. The number of benzene rings is 2. The lowest BCUT2D eigenvalue weighted by molar-refractivity contribution is 0.0923. The van der Waals surface area contributed by atoms with Crippen molar-refractivity contribution in [1.29, 1.82) is 0 Å². The number of piperidine rings is 1. The van der Waals surface area contributed by atoms with Gasteiger partial charge in [0, 0.05) is 47.4 Å². The SMILES string of the molecule is CCOC(=O)N1CCC(n2ccc3c(NC(=O)c4ccc(OC)cc4C)cccc3c2=O)CC1. The summed E-state index contributed by atoms with van der Waals surface area (Å²) in [7, 11) is 1.58. The topological polar surface area (TPSA) is 89.9 Å². The molecule has 0 atom stereocenters. The number of methoxy groups -OCH3 is 1. The van der Waals surface area contributed by atoms with Crippen molar-refractivity contribution in [3.05, 3.63) is 70.1 Å².